The summed E-state index contributed by atoms with van der Waals surface area (Å²) >= 11 is 0. The van der Waals surface area contributed by atoms with Gasteiger partial charge in [0.1, 0.15) is 23.0 Å². The molecule has 142 valence electrons. The second-order valence-electron chi connectivity index (χ2n) is 6.54. The van der Waals surface area contributed by atoms with Gasteiger partial charge in [-0.25, -0.2) is 0 Å². The third kappa shape index (κ3) is 2.95. The van der Waals surface area contributed by atoms with Crippen LogP contribution >= 0.6 is 0 Å². The molecule has 3 aromatic carbocycles. The van der Waals surface area contributed by atoms with E-state index in [0.29, 0.717) is 0 Å². The Labute approximate surface area is 160 Å². The zero-order valence-electron chi connectivity index (χ0n) is 17.0. The minimum atomic E-state index is 0.796. The maximum Gasteiger partial charge on any atom is 0.130 e. The lowest BCUT2D eigenvalue weighted by Crippen LogP contribution is -2.02. The van der Waals surface area contributed by atoms with Crippen LogP contribution in [0.2, 0.25) is 0 Å². The molecule has 0 amide bonds. The molecule has 4 heteroatoms. The number of fused-ring (bicyclic) bond motifs is 1. The topological polar surface area (TPSA) is 36.9 Å². The number of methoxy groups -OCH3 is 4. The van der Waals surface area contributed by atoms with Gasteiger partial charge in [-0.15, -0.1) is 0 Å². The maximum absolute atomic E-state index is 5.84. The van der Waals surface area contributed by atoms with Crippen LogP contribution in [0.25, 0.3) is 21.9 Å². The molecule has 0 saturated heterocycles. The maximum atomic E-state index is 5.84. The number of ether oxygens (including phenoxy) is 4. The predicted octanol–water partition coefficient (Wildman–Crippen LogP) is 5.47. The van der Waals surface area contributed by atoms with E-state index in [1.807, 2.05) is 24.3 Å². The van der Waals surface area contributed by atoms with Gasteiger partial charge in [0, 0.05) is 16.5 Å². The molecule has 0 bridgehead atoms. The number of benzene rings is 3. The Morgan fingerprint density at radius 1 is 0.593 bits per heavy atom. The van der Waals surface area contributed by atoms with Gasteiger partial charge >= 0.3 is 0 Å². The first-order chi connectivity index (χ1) is 13.0. The van der Waals surface area contributed by atoms with Crippen molar-refractivity contribution in [3.63, 3.8) is 0 Å². The fraction of sp³-hybridized carbons (Fsp3) is 0.304. The molecule has 0 saturated carbocycles. The molecular weight excluding hydrogens is 340 g/mol. The van der Waals surface area contributed by atoms with Crippen LogP contribution in [0.5, 0.6) is 23.0 Å². The zero-order chi connectivity index (χ0) is 19.7. The summed E-state index contributed by atoms with van der Waals surface area (Å²) in [6.07, 6.45) is 0. The van der Waals surface area contributed by atoms with E-state index >= 15 is 0 Å². The number of hydrogen-bond acceptors (Lipinski definition) is 4. The first-order valence-corrected chi connectivity index (χ1v) is 8.85. The SMILES string of the molecule is COc1ccc2c(OC)ccc(-c3c(C)c(OC)c(C)c(C)c3OC)c2c1. The van der Waals surface area contributed by atoms with Crippen LogP contribution in [0.4, 0.5) is 0 Å². The summed E-state index contributed by atoms with van der Waals surface area (Å²) < 4.78 is 22.6. The molecule has 0 heterocycles. The molecule has 0 N–H and O–H groups in total. The van der Waals surface area contributed by atoms with Crippen LogP contribution in [0.3, 0.4) is 0 Å². The zero-order valence-corrected chi connectivity index (χ0v) is 17.0. The summed E-state index contributed by atoms with van der Waals surface area (Å²) in [4.78, 5) is 0. The largest absolute Gasteiger partial charge is 0.497 e. The second kappa shape index (κ2) is 7.39. The van der Waals surface area contributed by atoms with E-state index in [1.165, 1.54) is 0 Å². The summed E-state index contributed by atoms with van der Waals surface area (Å²) in [5.41, 5.74) is 5.29. The molecule has 0 spiro atoms. The van der Waals surface area contributed by atoms with Gasteiger partial charge in [0.2, 0.25) is 0 Å². The summed E-state index contributed by atoms with van der Waals surface area (Å²) in [5.74, 6) is 3.36. The van der Waals surface area contributed by atoms with E-state index < -0.39 is 0 Å². The van der Waals surface area contributed by atoms with Gasteiger partial charge in [0.15, 0.2) is 0 Å². The molecule has 0 aliphatic carbocycles. The van der Waals surface area contributed by atoms with E-state index in [0.717, 1.165) is 61.6 Å². The Balaban J connectivity index is 2.47. The van der Waals surface area contributed by atoms with E-state index in [4.69, 9.17) is 18.9 Å². The van der Waals surface area contributed by atoms with Crippen molar-refractivity contribution in [3.8, 4) is 34.1 Å². The molecule has 4 nitrogen and oxygen atoms in total. The lowest BCUT2D eigenvalue weighted by atomic mass is 9.89. The Kier molecular flexibility index (Phi) is 5.17. The summed E-state index contributed by atoms with van der Waals surface area (Å²) in [6, 6.07) is 10.1. The molecule has 0 radical (unpaired) electrons. The van der Waals surface area contributed by atoms with Gasteiger partial charge in [-0.05, 0) is 73.2 Å². The van der Waals surface area contributed by atoms with Crippen molar-refractivity contribution in [2.45, 2.75) is 20.8 Å². The molecule has 0 aliphatic rings. The average Bonchev–Trinajstić information content (AvgIpc) is 2.69. The standard InChI is InChI=1S/C23H26O4/c1-13-14(2)23(27-7)21(15(3)22(13)26-6)18-10-11-20(25-5)17-9-8-16(24-4)12-19(17)18/h8-12H,1-7H3. The van der Waals surface area contributed by atoms with Crippen LogP contribution in [0.1, 0.15) is 16.7 Å². The molecule has 3 rings (SSSR count). The van der Waals surface area contributed by atoms with Gasteiger partial charge in [-0.1, -0.05) is 0 Å². The summed E-state index contributed by atoms with van der Waals surface area (Å²) in [6.45, 7) is 6.19. The highest BCUT2D eigenvalue weighted by molar-refractivity contribution is 6.03. The Morgan fingerprint density at radius 2 is 1.26 bits per heavy atom. The smallest absolute Gasteiger partial charge is 0.130 e. The quantitative estimate of drug-likeness (QED) is 0.600. The highest BCUT2D eigenvalue weighted by Gasteiger charge is 2.22. The normalized spacial score (nSPS) is 10.8. The molecule has 0 aromatic heterocycles. The van der Waals surface area contributed by atoms with E-state index in [2.05, 4.69) is 26.8 Å². The number of rotatable bonds is 5. The Morgan fingerprint density at radius 3 is 1.85 bits per heavy atom. The Hall–Kier alpha value is -2.88. The van der Waals surface area contributed by atoms with E-state index in [9.17, 15) is 0 Å². The fourth-order valence-corrected chi connectivity index (χ4v) is 3.80. The summed E-state index contributed by atoms with van der Waals surface area (Å²) in [7, 11) is 6.78. The first-order valence-electron chi connectivity index (χ1n) is 8.85. The summed E-state index contributed by atoms with van der Waals surface area (Å²) in [5, 5.41) is 2.06. The van der Waals surface area contributed by atoms with E-state index in [-0.39, 0.29) is 0 Å². The van der Waals surface area contributed by atoms with Crippen molar-refractivity contribution in [1.29, 1.82) is 0 Å². The first kappa shape index (κ1) is 18.9. The van der Waals surface area contributed by atoms with Crippen LogP contribution in [0.15, 0.2) is 30.3 Å². The minimum Gasteiger partial charge on any atom is -0.497 e. The molecular formula is C23H26O4. The molecule has 27 heavy (non-hydrogen) atoms. The van der Waals surface area contributed by atoms with Crippen LogP contribution in [-0.4, -0.2) is 28.4 Å². The lowest BCUT2D eigenvalue weighted by molar-refractivity contribution is 0.396. The molecule has 0 fully saturated rings. The van der Waals surface area contributed by atoms with Gasteiger partial charge < -0.3 is 18.9 Å². The van der Waals surface area contributed by atoms with Crippen molar-refractivity contribution in [2.24, 2.45) is 0 Å². The average molecular weight is 366 g/mol. The van der Waals surface area contributed by atoms with Crippen LogP contribution in [-0.2, 0) is 0 Å². The van der Waals surface area contributed by atoms with Crippen LogP contribution in [0, 0.1) is 20.8 Å². The van der Waals surface area contributed by atoms with Crippen molar-refractivity contribution < 1.29 is 18.9 Å². The second-order valence-corrected chi connectivity index (χ2v) is 6.54. The van der Waals surface area contributed by atoms with Gasteiger partial charge in [-0.3, -0.25) is 0 Å². The highest BCUT2D eigenvalue weighted by atomic mass is 16.5. The fourth-order valence-electron chi connectivity index (χ4n) is 3.80. The van der Waals surface area contributed by atoms with E-state index in [1.54, 1.807) is 28.4 Å². The molecule has 0 aliphatic heterocycles. The van der Waals surface area contributed by atoms with Gasteiger partial charge in [-0.2, -0.15) is 0 Å². The lowest BCUT2D eigenvalue weighted by Gasteiger charge is -2.22. The molecule has 0 unspecified atom stereocenters. The molecule has 3 aromatic rings. The van der Waals surface area contributed by atoms with Crippen molar-refractivity contribution in [3.05, 3.63) is 47.0 Å². The van der Waals surface area contributed by atoms with Crippen LogP contribution < -0.4 is 18.9 Å². The Bertz CT molecular complexity index is 1010. The van der Waals surface area contributed by atoms with Crippen molar-refractivity contribution >= 4 is 10.8 Å². The van der Waals surface area contributed by atoms with Crippen molar-refractivity contribution in [2.75, 3.05) is 28.4 Å². The third-order valence-electron chi connectivity index (χ3n) is 5.27. The van der Waals surface area contributed by atoms with Gasteiger partial charge in [0.25, 0.3) is 0 Å². The third-order valence-corrected chi connectivity index (χ3v) is 5.27. The van der Waals surface area contributed by atoms with Crippen molar-refractivity contribution in [1.82, 2.24) is 0 Å². The minimum absolute atomic E-state index is 0.796. The monoisotopic (exact) mass is 366 g/mol. The molecule has 0 atom stereocenters. The highest BCUT2D eigenvalue weighted by Crippen LogP contribution is 2.47. The predicted molar refractivity (Wildman–Crippen MR) is 110 cm³/mol. The van der Waals surface area contributed by atoms with Gasteiger partial charge in [0.05, 0.1) is 28.4 Å². The number of hydrogen-bond donors (Lipinski definition) is 0.